The standard InChI is InChI=1S/C12H7BrF2O2S/c13-8-1-3-9(4-2-8)18(16,17)10-5-6-11(14)12(15)7-10/h1-7H. The van der Waals surface area contributed by atoms with Gasteiger partial charge < -0.3 is 0 Å². The molecule has 0 bridgehead atoms. The van der Waals surface area contributed by atoms with Crippen LogP contribution in [0.3, 0.4) is 0 Å². The molecule has 0 radical (unpaired) electrons. The average Bonchev–Trinajstić information content (AvgIpc) is 2.33. The molecule has 0 saturated carbocycles. The first-order valence-corrected chi connectivity index (χ1v) is 7.14. The monoisotopic (exact) mass is 332 g/mol. The van der Waals surface area contributed by atoms with E-state index in [9.17, 15) is 17.2 Å². The van der Waals surface area contributed by atoms with Gasteiger partial charge in [-0.2, -0.15) is 0 Å². The zero-order valence-corrected chi connectivity index (χ0v) is 11.3. The van der Waals surface area contributed by atoms with Crippen LogP contribution in [0.25, 0.3) is 0 Å². The fourth-order valence-corrected chi connectivity index (χ4v) is 2.93. The van der Waals surface area contributed by atoms with E-state index < -0.39 is 21.5 Å². The molecular weight excluding hydrogens is 326 g/mol. The highest BCUT2D eigenvalue weighted by atomic mass is 79.9. The van der Waals surface area contributed by atoms with Crippen molar-refractivity contribution < 1.29 is 17.2 Å². The fraction of sp³-hybridized carbons (Fsp3) is 0. The second-order valence-electron chi connectivity index (χ2n) is 3.53. The topological polar surface area (TPSA) is 34.1 Å². The van der Waals surface area contributed by atoms with Gasteiger partial charge in [0.1, 0.15) is 0 Å². The molecule has 2 aromatic rings. The summed E-state index contributed by atoms with van der Waals surface area (Å²) < 4.78 is 50.7. The first kappa shape index (κ1) is 13.2. The van der Waals surface area contributed by atoms with E-state index in [0.29, 0.717) is 6.07 Å². The lowest BCUT2D eigenvalue weighted by Gasteiger charge is -2.05. The maximum atomic E-state index is 13.0. The highest BCUT2D eigenvalue weighted by Gasteiger charge is 2.19. The van der Waals surface area contributed by atoms with Crippen LogP contribution in [0.5, 0.6) is 0 Å². The van der Waals surface area contributed by atoms with E-state index in [1.54, 1.807) is 12.1 Å². The molecule has 94 valence electrons. The summed E-state index contributed by atoms with van der Waals surface area (Å²) >= 11 is 3.19. The van der Waals surface area contributed by atoms with Gasteiger partial charge in [-0.1, -0.05) is 15.9 Å². The molecule has 0 unspecified atom stereocenters. The molecule has 0 aliphatic carbocycles. The van der Waals surface area contributed by atoms with Crippen LogP contribution in [0.4, 0.5) is 8.78 Å². The van der Waals surface area contributed by atoms with Crippen LogP contribution in [0.15, 0.2) is 56.7 Å². The number of rotatable bonds is 2. The Bertz CT molecular complexity index is 682. The summed E-state index contributed by atoms with van der Waals surface area (Å²) in [5, 5.41) is 0. The summed E-state index contributed by atoms with van der Waals surface area (Å²) in [6.07, 6.45) is 0. The fourth-order valence-electron chi connectivity index (χ4n) is 1.39. The van der Waals surface area contributed by atoms with Gasteiger partial charge in [0.25, 0.3) is 0 Å². The Morgan fingerprint density at radius 3 is 1.94 bits per heavy atom. The minimum atomic E-state index is -3.82. The van der Waals surface area contributed by atoms with Crippen molar-refractivity contribution in [1.29, 1.82) is 0 Å². The molecule has 6 heteroatoms. The molecule has 2 aromatic carbocycles. The van der Waals surface area contributed by atoms with Crippen LogP contribution in [-0.2, 0) is 9.84 Å². The Hall–Kier alpha value is -1.27. The lowest BCUT2D eigenvalue weighted by atomic mass is 10.3. The molecule has 0 aliphatic heterocycles. The van der Waals surface area contributed by atoms with Crippen molar-refractivity contribution in [3.8, 4) is 0 Å². The molecule has 0 atom stereocenters. The van der Waals surface area contributed by atoms with Gasteiger partial charge in [0.2, 0.25) is 9.84 Å². The molecule has 2 nitrogen and oxygen atoms in total. The van der Waals surface area contributed by atoms with E-state index in [0.717, 1.165) is 16.6 Å². The summed E-state index contributed by atoms with van der Waals surface area (Å²) in [6, 6.07) is 8.41. The van der Waals surface area contributed by atoms with E-state index >= 15 is 0 Å². The SMILES string of the molecule is O=S(=O)(c1ccc(Br)cc1)c1ccc(F)c(F)c1. The summed E-state index contributed by atoms with van der Waals surface area (Å²) in [7, 11) is -3.82. The van der Waals surface area contributed by atoms with Gasteiger partial charge in [-0.15, -0.1) is 0 Å². The Balaban J connectivity index is 2.54. The Morgan fingerprint density at radius 2 is 1.39 bits per heavy atom. The molecule has 0 N–H and O–H groups in total. The van der Waals surface area contributed by atoms with Crippen molar-refractivity contribution in [3.63, 3.8) is 0 Å². The lowest BCUT2D eigenvalue weighted by Crippen LogP contribution is -2.03. The van der Waals surface area contributed by atoms with Crippen molar-refractivity contribution >= 4 is 25.8 Å². The van der Waals surface area contributed by atoms with E-state index in [2.05, 4.69) is 15.9 Å². The summed E-state index contributed by atoms with van der Waals surface area (Å²) in [5.41, 5.74) is 0. The average molecular weight is 333 g/mol. The first-order chi connectivity index (χ1) is 8.41. The van der Waals surface area contributed by atoms with Gasteiger partial charge in [0.15, 0.2) is 11.6 Å². The van der Waals surface area contributed by atoms with E-state index in [-0.39, 0.29) is 9.79 Å². The van der Waals surface area contributed by atoms with Gasteiger partial charge >= 0.3 is 0 Å². The highest BCUT2D eigenvalue weighted by Crippen LogP contribution is 2.23. The number of hydrogen-bond acceptors (Lipinski definition) is 2. The van der Waals surface area contributed by atoms with Crippen molar-refractivity contribution in [2.75, 3.05) is 0 Å². The molecule has 0 amide bonds. The predicted molar refractivity (Wildman–Crippen MR) is 66.0 cm³/mol. The van der Waals surface area contributed by atoms with Gasteiger partial charge in [-0.25, -0.2) is 17.2 Å². The lowest BCUT2D eigenvalue weighted by molar-refractivity contribution is 0.504. The minimum absolute atomic E-state index is 0.0247. The molecule has 0 spiro atoms. The second-order valence-corrected chi connectivity index (χ2v) is 6.40. The Kier molecular flexibility index (Phi) is 3.49. The largest absolute Gasteiger partial charge is 0.219 e. The highest BCUT2D eigenvalue weighted by molar-refractivity contribution is 9.10. The Morgan fingerprint density at radius 1 is 0.833 bits per heavy atom. The number of benzene rings is 2. The van der Waals surface area contributed by atoms with Crippen molar-refractivity contribution in [2.24, 2.45) is 0 Å². The molecule has 18 heavy (non-hydrogen) atoms. The van der Waals surface area contributed by atoms with Gasteiger partial charge in [0.05, 0.1) is 9.79 Å². The summed E-state index contributed by atoms with van der Waals surface area (Å²) in [4.78, 5) is -0.250. The minimum Gasteiger partial charge on any atom is -0.219 e. The van der Waals surface area contributed by atoms with Gasteiger partial charge in [-0.05, 0) is 42.5 Å². The molecule has 2 rings (SSSR count). The van der Waals surface area contributed by atoms with Crippen LogP contribution in [-0.4, -0.2) is 8.42 Å². The molecule has 0 aliphatic rings. The molecule has 0 heterocycles. The van der Waals surface area contributed by atoms with Crippen LogP contribution in [0.2, 0.25) is 0 Å². The molecule has 0 fully saturated rings. The zero-order chi connectivity index (χ0) is 13.3. The maximum Gasteiger partial charge on any atom is 0.206 e. The third-order valence-electron chi connectivity index (χ3n) is 2.33. The third-order valence-corrected chi connectivity index (χ3v) is 4.62. The molecular formula is C12H7BrF2O2S. The molecule has 0 saturated heterocycles. The smallest absolute Gasteiger partial charge is 0.206 e. The molecule has 0 aromatic heterocycles. The summed E-state index contributed by atoms with van der Waals surface area (Å²) in [6.45, 7) is 0. The van der Waals surface area contributed by atoms with Gasteiger partial charge in [0, 0.05) is 4.47 Å². The van der Waals surface area contributed by atoms with E-state index in [1.807, 2.05) is 0 Å². The number of halogens is 3. The van der Waals surface area contributed by atoms with Crippen molar-refractivity contribution in [3.05, 3.63) is 58.6 Å². The number of hydrogen-bond donors (Lipinski definition) is 0. The van der Waals surface area contributed by atoms with Gasteiger partial charge in [-0.3, -0.25) is 0 Å². The zero-order valence-electron chi connectivity index (χ0n) is 8.90. The summed E-state index contributed by atoms with van der Waals surface area (Å²) in [5.74, 6) is -2.27. The number of sulfone groups is 1. The van der Waals surface area contributed by atoms with E-state index in [4.69, 9.17) is 0 Å². The van der Waals surface area contributed by atoms with Crippen LogP contribution in [0.1, 0.15) is 0 Å². The second kappa shape index (κ2) is 4.78. The maximum absolute atomic E-state index is 13.0. The predicted octanol–water partition coefficient (Wildman–Crippen LogP) is 3.56. The Labute approximate surface area is 111 Å². The van der Waals surface area contributed by atoms with Crippen LogP contribution >= 0.6 is 15.9 Å². The van der Waals surface area contributed by atoms with Crippen molar-refractivity contribution in [1.82, 2.24) is 0 Å². The quantitative estimate of drug-likeness (QED) is 0.788. The van der Waals surface area contributed by atoms with Crippen LogP contribution < -0.4 is 0 Å². The normalized spacial score (nSPS) is 11.5. The van der Waals surface area contributed by atoms with Crippen molar-refractivity contribution in [2.45, 2.75) is 9.79 Å². The van der Waals surface area contributed by atoms with E-state index in [1.165, 1.54) is 12.1 Å². The van der Waals surface area contributed by atoms with Crippen LogP contribution in [0, 0.1) is 11.6 Å². The first-order valence-electron chi connectivity index (χ1n) is 4.87. The third kappa shape index (κ3) is 2.44.